The fourth-order valence-electron chi connectivity index (χ4n) is 0.700. The van der Waals surface area contributed by atoms with Crippen molar-refractivity contribution in [2.45, 2.75) is 26.4 Å². The van der Waals surface area contributed by atoms with Crippen LogP contribution in [0.15, 0.2) is 11.6 Å². The van der Waals surface area contributed by atoms with Crippen LogP contribution in [0.2, 0.25) is 0 Å². The highest BCUT2D eigenvalue weighted by Crippen LogP contribution is 2.12. The van der Waals surface area contributed by atoms with Crippen molar-refractivity contribution in [3.8, 4) is 0 Å². The van der Waals surface area contributed by atoms with Gasteiger partial charge in [0.2, 0.25) is 0 Å². The molecule has 0 aliphatic carbocycles. The van der Waals surface area contributed by atoms with Gasteiger partial charge in [-0.1, -0.05) is 11.6 Å². The zero-order valence-corrected chi connectivity index (χ0v) is 9.04. The summed E-state index contributed by atoms with van der Waals surface area (Å²) < 4.78 is 4.88. The minimum absolute atomic E-state index is 0.703. The van der Waals surface area contributed by atoms with Crippen molar-refractivity contribution in [3.63, 3.8) is 0 Å². The summed E-state index contributed by atoms with van der Waals surface area (Å²) in [5.41, 5.74) is 0.285. The van der Waals surface area contributed by atoms with E-state index >= 15 is 0 Å². The topological polar surface area (TPSA) is 63.6 Å². The molecule has 0 aromatic carbocycles. The number of carbonyl (C=O) groups excluding carboxylic acids is 1. The average molecular weight is 221 g/mol. The van der Waals surface area contributed by atoms with Crippen LogP contribution in [0.25, 0.3) is 0 Å². The van der Waals surface area contributed by atoms with Gasteiger partial charge in [0.25, 0.3) is 0 Å². The lowest BCUT2D eigenvalue weighted by Gasteiger charge is -2.20. The Morgan fingerprint density at radius 1 is 1.43 bits per heavy atom. The van der Waals surface area contributed by atoms with Gasteiger partial charge in [-0.05, 0) is 26.8 Å². The molecule has 14 heavy (non-hydrogen) atoms. The lowest BCUT2D eigenvalue weighted by Crippen LogP contribution is -2.31. The van der Waals surface area contributed by atoms with Gasteiger partial charge in [-0.25, -0.2) is 0 Å². The number of carboxylic acids is 1. The van der Waals surface area contributed by atoms with Gasteiger partial charge in [0.05, 0.1) is 0 Å². The maximum Gasteiger partial charge on any atom is 0.324 e. The first kappa shape index (κ1) is 13.0. The van der Waals surface area contributed by atoms with E-state index in [1.807, 2.05) is 0 Å². The van der Waals surface area contributed by atoms with Crippen molar-refractivity contribution < 1.29 is 19.4 Å². The van der Waals surface area contributed by atoms with Gasteiger partial charge in [0.1, 0.15) is 5.60 Å². The van der Waals surface area contributed by atoms with Crippen LogP contribution in [0.5, 0.6) is 0 Å². The number of hydrogen-bond acceptors (Lipinski definition) is 3. The van der Waals surface area contributed by atoms with Gasteiger partial charge in [0.15, 0.2) is 5.92 Å². The first-order valence-corrected chi connectivity index (χ1v) is 4.44. The minimum atomic E-state index is -1.34. The van der Waals surface area contributed by atoms with Crippen LogP contribution in [0.1, 0.15) is 20.8 Å². The first-order valence-electron chi connectivity index (χ1n) is 4.00. The standard InChI is InChI=1S/C9H13ClO4/c1-9(2,3)14-8(13)6(4-5-10)7(11)12/h4-6H,1-3H3,(H,11,12). The highest BCUT2D eigenvalue weighted by molar-refractivity contribution is 6.25. The van der Waals surface area contributed by atoms with Crippen LogP contribution < -0.4 is 0 Å². The van der Waals surface area contributed by atoms with Crippen LogP contribution in [0, 0.1) is 5.92 Å². The molecule has 80 valence electrons. The Kier molecular flexibility index (Phi) is 4.63. The summed E-state index contributed by atoms with van der Waals surface area (Å²) >= 11 is 5.20. The smallest absolute Gasteiger partial charge is 0.324 e. The summed E-state index contributed by atoms with van der Waals surface area (Å²) in [4.78, 5) is 21.9. The Hall–Kier alpha value is -1.03. The molecule has 0 aromatic heterocycles. The quantitative estimate of drug-likeness (QED) is 0.582. The van der Waals surface area contributed by atoms with E-state index in [0.717, 1.165) is 11.6 Å². The number of esters is 1. The molecule has 1 atom stereocenters. The summed E-state index contributed by atoms with van der Waals surface area (Å²) in [6.07, 6.45) is 1.07. The minimum Gasteiger partial charge on any atom is -0.480 e. The molecule has 0 fully saturated rings. The lowest BCUT2D eigenvalue weighted by molar-refractivity contribution is -0.164. The molecule has 0 bridgehead atoms. The SMILES string of the molecule is CC(C)(C)OC(=O)C(C=CCl)C(=O)O. The van der Waals surface area contributed by atoms with E-state index < -0.39 is 23.5 Å². The second kappa shape index (κ2) is 5.00. The third-order valence-corrected chi connectivity index (χ3v) is 1.34. The van der Waals surface area contributed by atoms with E-state index in [-0.39, 0.29) is 0 Å². The molecule has 0 saturated heterocycles. The molecule has 0 saturated carbocycles. The van der Waals surface area contributed by atoms with Crippen LogP contribution in [0.3, 0.4) is 0 Å². The monoisotopic (exact) mass is 220 g/mol. The van der Waals surface area contributed by atoms with Crippen molar-refractivity contribution >= 4 is 23.5 Å². The van der Waals surface area contributed by atoms with Crippen LogP contribution in [-0.4, -0.2) is 22.6 Å². The molecule has 0 aromatic rings. The van der Waals surface area contributed by atoms with Crippen molar-refractivity contribution in [2.24, 2.45) is 5.92 Å². The average Bonchev–Trinajstić information content (AvgIpc) is 1.95. The van der Waals surface area contributed by atoms with Crippen molar-refractivity contribution in [3.05, 3.63) is 11.6 Å². The van der Waals surface area contributed by atoms with Gasteiger partial charge in [0, 0.05) is 5.54 Å². The molecule has 0 aliphatic rings. The lowest BCUT2D eigenvalue weighted by atomic mass is 10.1. The molecule has 0 aliphatic heterocycles. The van der Waals surface area contributed by atoms with Crippen LogP contribution in [0.4, 0.5) is 0 Å². The molecule has 0 radical (unpaired) electrons. The van der Waals surface area contributed by atoms with Gasteiger partial charge < -0.3 is 9.84 Å². The molecule has 5 heteroatoms. The van der Waals surface area contributed by atoms with Crippen LogP contribution >= 0.6 is 11.6 Å². The van der Waals surface area contributed by atoms with E-state index in [1.54, 1.807) is 20.8 Å². The Bertz CT molecular complexity index is 252. The fraction of sp³-hybridized carbons (Fsp3) is 0.556. The second-order valence-corrected chi connectivity index (χ2v) is 3.92. The highest BCUT2D eigenvalue weighted by atomic mass is 35.5. The number of aliphatic carboxylic acids is 1. The molecule has 0 rings (SSSR count). The maximum absolute atomic E-state index is 11.3. The summed E-state index contributed by atoms with van der Waals surface area (Å²) in [6.45, 7) is 4.98. The van der Waals surface area contributed by atoms with Crippen molar-refractivity contribution in [1.29, 1.82) is 0 Å². The number of carbonyl (C=O) groups is 2. The molecule has 1 N–H and O–H groups in total. The molecule has 4 nitrogen and oxygen atoms in total. The molecular formula is C9H13ClO4. The number of ether oxygens (including phenoxy) is 1. The molecular weight excluding hydrogens is 208 g/mol. The third kappa shape index (κ3) is 4.87. The Labute approximate surface area is 87.5 Å². The van der Waals surface area contributed by atoms with E-state index in [0.29, 0.717) is 0 Å². The number of rotatable bonds is 3. The second-order valence-electron chi connectivity index (χ2n) is 3.67. The Morgan fingerprint density at radius 2 is 1.93 bits per heavy atom. The van der Waals surface area contributed by atoms with E-state index in [1.165, 1.54) is 0 Å². The van der Waals surface area contributed by atoms with Gasteiger partial charge in [-0.3, -0.25) is 9.59 Å². The van der Waals surface area contributed by atoms with E-state index in [9.17, 15) is 9.59 Å². The van der Waals surface area contributed by atoms with Gasteiger partial charge in [-0.15, -0.1) is 0 Å². The Balaban J connectivity index is 4.54. The number of carboxylic acid groups (broad SMARTS) is 1. The first-order chi connectivity index (χ1) is 6.28. The van der Waals surface area contributed by atoms with Gasteiger partial charge in [-0.2, -0.15) is 0 Å². The largest absolute Gasteiger partial charge is 0.480 e. The van der Waals surface area contributed by atoms with E-state index in [4.69, 9.17) is 21.4 Å². The summed E-state index contributed by atoms with van der Waals surface area (Å²) in [6, 6.07) is 0. The molecule has 0 amide bonds. The van der Waals surface area contributed by atoms with E-state index in [2.05, 4.69) is 0 Å². The van der Waals surface area contributed by atoms with Crippen molar-refractivity contribution in [2.75, 3.05) is 0 Å². The Morgan fingerprint density at radius 3 is 2.21 bits per heavy atom. The zero-order chi connectivity index (χ0) is 11.4. The summed E-state index contributed by atoms with van der Waals surface area (Å²) in [7, 11) is 0. The molecule has 0 spiro atoms. The summed E-state index contributed by atoms with van der Waals surface area (Å²) in [5, 5.41) is 8.66. The third-order valence-electron chi connectivity index (χ3n) is 1.19. The van der Waals surface area contributed by atoms with Crippen LogP contribution in [-0.2, 0) is 14.3 Å². The summed E-state index contributed by atoms with van der Waals surface area (Å²) in [5.74, 6) is -3.44. The normalized spacial score (nSPS) is 14.0. The predicted octanol–water partition coefficient (Wildman–Crippen LogP) is 1.78. The maximum atomic E-state index is 11.3. The number of halogens is 1. The van der Waals surface area contributed by atoms with Crippen molar-refractivity contribution in [1.82, 2.24) is 0 Å². The van der Waals surface area contributed by atoms with Gasteiger partial charge >= 0.3 is 11.9 Å². The highest BCUT2D eigenvalue weighted by Gasteiger charge is 2.28. The zero-order valence-electron chi connectivity index (χ0n) is 8.28. The predicted molar refractivity (Wildman–Crippen MR) is 52.0 cm³/mol. The fourth-order valence-corrected chi connectivity index (χ4v) is 0.845. The molecule has 1 unspecified atom stereocenters. The number of hydrogen-bond donors (Lipinski definition) is 1. The molecule has 0 heterocycles.